The highest BCUT2D eigenvalue weighted by molar-refractivity contribution is 7.16. The summed E-state index contributed by atoms with van der Waals surface area (Å²) < 4.78 is 1.64. The van der Waals surface area contributed by atoms with E-state index in [2.05, 4.69) is 16.2 Å². The van der Waals surface area contributed by atoms with Gasteiger partial charge in [0.25, 0.3) is 5.91 Å². The van der Waals surface area contributed by atoms with Gasteiger partial charge in [0, 0.05) is 13.6 Å². The van der Waals surface area contributed by atoms with Gasteiger partial charge in [-0.15, -0.1) is 0 Å². The molecule has 0 spiro atoms. The topological polar surface area (TPSA) is 74.3 Å². The fourth-order valence-electron chi connectivity index (χ4n) is 2.29. The molecule has 23 heavy (non-hydrogen) atoms. The molecule has 1 amide bonds. The van der Waals surface area contributed by atoms with Gasteiger partial charge in [0.2, 0.25) is 4.96 Å². The fraction of sp³-hybridized carbons (Fsp3) is 0.250. The van der Waals surface area contributed by atoms with E-state index in [0.29, 0.717) is 24.2 Å². The molecule has 0 aliphatic rings. The summed E-state index contributed by atoms with van der Waals surface area (Å²) in [6.45, 7) is 2.47. The standard InChI is InChI=1S/C16H15N5OS/c1-11-19-21-10-14(18-16(21)23-11)15(22)20(2)7-6-12-4-3-5-13(8-12)9-17/h3-5,8,10H,6-7H2,1-2H3. The lowest BCUT2D eigenvalue weighted by Crippen LogP contribution is -2.29. The number of nitrogens with zero attached hydrogens (tertiary/aromatic N) is 5. The number of nitriles is 1. The molecule has 3 aromatic rings. The minimum absolute atomic E-state index is 0.128. The van der Waals surface area contributed by atoms with Gasteiger partial charge in [-0.05, 0) is 31.0 Å². The van der Waals surface area contributed by atoms with E-state index in [4.69, 9.17) is 5.26 Å². The van der Waals surface area contributed by atoms with Crippen LogP contribution in [0.5, 0.6) is 0 Å². The zero-order valence-corrected chi connectivity index (χ0v) is 13.7. The van der Waals surface area contributed by atoms with Gasteiger partial charge in [-0.1, -0.05) is 23.5 Å². The Bertz CT molecular complexity index is 873. The normalized spacial score (nSPS) is 10.7. The molecule has 0 radical (unpaired) electrons. The third-order valence-corrected chi connectivity index (χ3v) is 4.34. The molecule has 0 unspecified atom stereocenters. The van der Waals surface area contributed by atoms with Crippen LogP contribution in [0.2, 0.25) is 0 Å². The number of hydrogen-bond acceptors (Lipinski definition) is 5. The predicted octanol–water partition coefficient (Wildman–Crippen LogP) is 2.29. The summed E-state index contributed by atoms with van der Waals surface area (Å²) >= 11 is 1.46. The number of benzene rings is 1. The molecular weight excluding hydrogens is 310 g/mol. The van der Waals surface area contributed by atoms with Gasteiger partial charge in [-0.2, -0.15) is 10.4 Å². The Hall–Kier alpha value is -2.72. The number of amides is 1. The van der Waals surface area contributed by atoms with Crippen molar-refractivity contribution in [2.75, 3.05) is 13.6 Å². The first-order valence-electron chi connectivity index (χ1n) is 7.14. The molecule has 0 atom stereocenters. The van der Waals surface area contributed by atoms with E-state index >= 15 is 0 Å². The van der Waals surface area contributed by atoms with Crippen molar-refractivity contribution in [2.24, 2.45) is 0 Å². The van der Waals surface area contributed by atoms with Crippen molar-refractivity contribution in [3.8, 4) is 6.07 Å². The van der Waals surface area contributed by atoms with Gasteiger partial charge in [-0.25, -0.2) is 9.50 Å². The monoisotopic (exact) mass is 325 g/mol. The molecule has 0 bridgehead atoms. The van der Waals surface area contributed by atoms with Gasteiger partial charge in [-0.3, -0.25) is 4.79 Å². The average molecular weight is 325 g/mol. The molecule has 0 aliphatic carbocycles. The first kappa shape index (κ1) is 15.2. The maximum atomic E-state index is 12.4. The van der Waals surface area contributed by atoms with E-state index in [0.717, 1.165) is 15.5 Å². The average Bonchev–Trinajstić information content (AvgIpc) is 3.09. The summed E-state index contributed by atoms with van der Waals surface area (Å²) in [5.74, 6) is -0.128. The van der Waals surface area contributed by atoms with Crippen molar-refractivity contribution < 1.29 is 4.79 Å². The van der Waals surface area contributed by atoms with E-state index in [1.807, 2.05) is 25.1 Å². The summed E-state index contributed by atoms with van der Waals surface area (Å²) in [5, 5.41) is 14.1. The van der Waals surface area contributed by atoms with E-state index < -0.39 is 0 Å². The van der Waals surface area contributed by atoms with E-state index in [1.54, 1.807) is 28.7 Å². The third kappa shape index (κ3) is 3.22. The molecular formula is C16H15N5OS. The van der Waals surface area contributed by atoms with Crippen LogP contribution in [0.3, 0.4) is 0 Å². The van der Waals surface area contributed by atoms with Gasteiger partial charge in [0.1, 0.15) is 10.7 Å². The van der Waals surface area contributed by atoms with Crippen molar-refractivity contribution in [2.45, 2.75) is 13.3 Å². The molecule has 7 heteroatoms. The molecule has 1 aromatic carbocycles. The van der Waals surface area contributed by atoms with Crippen molar-refractivity contribution in [3.63, 3.8) is 0 Å². The molecule has 0 saturated carbocycles. The molecule has 6 nitrogen and oxygen atoms in total. The lowest BCUT2D eigenvalue weighted by atomic mass is 10.1. The zero-order valence-electron chi connectivity index (χ0n) is 12.9. The van der Waals surface area contributed by atoms with Gasteiger partial charge in [0.15, 0.2) is 0 Å². The van der Waals surface area contributed by atoms with Crippen LogP contribution in [0.25, 0.3) is 4.96 Å². The third-order valence-electron chi connectivity index (χ3n) is 3.50. The Balaban J connectivity index is 1.67. The Labute approximate surface area is 137 Å². The van der Waals surface area contributed by atoms with E-state index in [1.165, 1.54) is 11.3 Å². The number of imidazole rings is 1. The first-order valence-corrected chi connectivity index (χ1v) is 7.96. The summed E-state index contributed by atoms with van der Waals surface area (Å²) in [6, 6.07) is 9.55. The number of fused-ring (bicyclic) bond motifs is 1. The van der Waals surface area contributed by atoms with E-state index in [-0.39, 0.29) is 5.91 Å². The highest BCUT2D eigenvalue weighted by Gasteiger charge is 2.17. The number of carbonyl (C=O) groups excluding carboxylic acids is 1. The van der Waals surface area contributed by atoms with Crippen molar-refractivity contribution in [3.05, 3.63) is 52.3 Å². The molecule has 116 valence electrons. The lowest BCUT2D eigenvalue weighted by molar-refractivity contribution is 0.0791. The van der Waals surface area contributed by atoms with Crippen LogP contribution in [0.15, 0.2) is 30.5 Å². The predicted molar refractivity (Wildman–Crippen MR) is 87.4 cm³/mol. The number of carbonyl (C=O) groups is 1. The van der Waals surface area contributed by atoms with Crippen molar-refractivity contribution in [1.82, 2.24) is 19.5 Å². The number of hydrogen-bond donors (Lipinski definition) is 0. The SMILES string of the molecule is Cc1nn2cc(C(=O)N(C)CCc3cccc(C#N)c3)nc2s1. The molecule has 0 fully saturated rings. The highest BCUT2D eigenvalue weighted by atomic mass is 32.1. The van der Waals surface area contributed by atoms with Crippen LogP contribution in [0, 0.1) is 18.3 Å². The molecule has 0 N–H and O–H groups in total. The van der Waals surface area contributed by atoms with Crippen LogP contribution < -0.4 is 0 Å². The Morgan fingerprint density at radius 3 is 3.04 bits per heavy atom. The Morgan fingerprint density at radius 2 is 2.30 bits per heavy atom. The van der Waals surface area contributed by atoms with Crippen LogP contribution in [0.4, 0.5) is 0 Å². The quantitative estimate of drug-likeness (QED) is 0.737. The largest absolute Gasteiger partial charge is 0.340 e. The maximum Gasteiger partial charge on any atom is 0.273 e. The van der Waals surface area contributed by atoms with Crippen LogP contribution in [-0.4, -0.2) is 39.0 Å². The van der Waals surface area contributed by atoms with Crippen molar-refractivity contribution in [1.29, 1.82) is 5.26 Å². The van der Waals surface area contributed by atoms with E-state index in [9.17, 15) is 4.79 Å². The molecule has 0 aliphatic heterocycles. The molecule has 0 saturated heterocycles. The van der Waals surface area contributed by atoms with Gasteiger partial charge < -0.3 is 4.90 Å². The summed E-state index contributed by atoms with van der Waals surface area (Å²) in [5.41, 5.74) is 2.07. The first-order chi connectivity index (χ1) is 11.1. The Kier molecular flexibility index (Phi) is 4.08. The Morgan fingerprint density at radius 1 is 1.48 bits per heavy atom. The lowest BCUT2D eigenvalue weighted by Gasteiger charge is -2.15. The van der Waals surface area contributed by atoms with Gasteiger partial charge >= 0.3 is 0 Å². The number of aryl methyl sites for hydroxylation is 1. The van der Waals surface area contributed by atoms with Gasteiger partial charge in [0.05, 0.1) is 17.8 Å². The maximum absolute atomic E-state index is 12.4. The van der Waals surface area contributed by atoms with Crippen LogP contribution >= 0.6 is 11.3 Å². The van der Waals surface area contributed by atoms with Crippen LogP contribution in [-0.2, 0) is 6.42 Å². The zero-order chi connectivity index (χ0) is 16.4. The fourth-order valence-corrected chi connectivity index (χ4v) is 3.02. The summed E-state index contributed by atoms with van der Waals surface area (Å²) in [6.07, 6.45) is 2.35. The summed E-state index contributed by atoms with van der Waals surface area (Å²) in [4.78, 5) is 19.1. The van der Waals surface area contributed by atoms with Crippen molar-refractivity contribution >= 4 is 22.2 Å². The minimum atomic E-state index is -0.128. The second-order valence-electron chi connectivity index (χ2n) is 5.26. The molecule has 2 heterocycles. The number of aromatic nitrogens is 3. The number of rotatable bonds is 4. The molecule has 3 rings (SSSR count). The smallest absolute Gasteiger partial charge is 0.273 e. The number of likely N-dealkylation sites (N-methyl/N-ethyl adjacent to an activating group) is 1. The molecule has 2 aromatic heterocycles. The minimum Gasteiger partial charge on any atom is -0.340 e. The van der Waals surface area contributed by atoms with Crippen LogP contribution in [0.1, 0.15) is 26.6 Å². The highest BCUT2D eigenvalue weighted by Crippen LogP contribution is 2.14. The summed E-state index contributed by atoms with van der Waals surface area (Å²) in [7, 11) is 1.75. The second-order valence-corrected chi connectivity index (χ2v) is 6.42. The second kappa shape index (κ2) is 6.18.